The summed E-state index contributed by atoms with van der Waals surface area (Å²) >= 11 is 1.53. The zero-order chi connectivity index (χ0) is 15.5. The number of nitrogens with two attached hydrogens (primary N) is 1. The summed E-state index contributed by atoms with van der Waals surface area (Å²) in [6, 6.07) is 8.25. The molecule has 0 unspecified atom stereocenters. The Morgan fingerprint density at radius 1 is 1.24 bits per heavy atom. The van der Waals surface area contributed by atoms with Crippen molar-refractivity contribution >= 4 is 17.0 Å². The van der Waals surface area contributed by atoms with Crippen molar-refractivity contribution in [2.45, 2.75) is 19.1 Å². The third-order valence-corrected chi connectivity index (χ3v) is 4.04. The summed E-state index contributed by atoms with van der Waals surface area (Å²) in [5, 5.41) is 1.91. The van der Waals surface area contributed by atoms with Gasteiger partial charge in [0.1, 0.15) is 0 Å². The molecule has 0 atom stereocenters. The summed E-state index contributed by atoms with van der Waals surface area (Å²) in [7, 11) is 1.67. The zero-order valence-corrected chi connectivity index (χ0v) is 12.5. The van der Waals surface area contributed by atoms with E-state index in [0.717, 1.165) is 4.88 Å². The number of alkyl halides is 3. The van der Waals surface area contributed by atoms with E-state index in [-0.39, 0.29) is 5.69 Å². The SMILES string of the molecule is CN(Cc1cccs1)c1ccc(CCN)cc1C(F)(F)F. The molecule has 21 heavy (non-hydrogen) atoms. The molecule has 114 valence electrons. The number of hydrogen-bond acceptors (Lipinski definition) is 3. The molecular weight excluding hydrogens is 297 g/mol. The fraction of sp³-hybridized carbons (Fsp3) is 0.333. The first-order valence-electron chi connectivity index (χ1n) is 6.55. The second-order valence-corrected chi connectivity index (χ2v) is 5.86. The molecule has 0 aliphatic heterocycles. The first-order chi connectivity index (χ1) is 9.91. The highest BCUT2D eigenvalue weighted by Crippen LogP contribution is 2.37. The van der Waals surface area contributed by atoms with Crippen LogP contribution in [0.5, 0.6) is 0 Å². The van der Waals surface area contributed by atoms with Gasteiger partial charge in [0.25, 0.3) is 0 Å². The quantitative estimate of drug-likeness (QED) is 0.907. The van der Waals surface area contributed by atoms with E-state index in [1.54, 1.807) is 18.0 Å². The van der Waals surface area contributed by atoms with Gasteiger partial charge in [-0.2, -0.15) is 13.2 Å². The second-order valence-electron chi connectivity index (χ2n) is 4.82. The smallest absolute Gasteiger partial charge is 0.369 e. The minimum absolute atomic E-state index is 0.191. The molecule has 2 nitrogen and oxygen atoms in total. The molecule has 1 aromatic carbocycles. The van der Waals surface area contributed by atoms with E-state index in [4.69, 9.17) is 5.73 Å². The summed E-state index contributed by atoms with van der Waals surface area (Å²) in [6.07, 6.45) is -3.93. The normalized spacial score (nSPS) is 11.7. The molecule has 0 spiro atoms. The average molecular weight is 314 g/mol. The van der Waals surface area contributed by atoms with E-state index in [1.807, 2.05) is 17.5 Å². The minimum atomic E-state index is -4.37. The lowest BCUT2D eigenvalue weighted by atomic mass is 10.0. The predicted molar refractivity (Wildman–Crippen MR) is 80.6 cm³/mol. The van der Waals surface area contributed by atoms with Gasteiger partial charge in [0, 0.05) is 17.6 Å². The number of thiophene rings is 1. The molecule has 1 aromatic heterocycles. The summed E-state index contributed by atoms with van der Waals surface area (Å²) in [4.78, 5) is 2.65. The zero-order valence-electron chi connectivity index (χ0n) is 11.7. The number of anilines is 1. The first-order valence-corrected chi connectivity index (χ1v) is 7.43. The van der Waals surface area contributed by atoms with Crippen molar-refractivity contribution in [2.75, 3.05) is 18.5 Å². The van der Waals surface area contributed by atoms with Gasteiger partial charge in [-0.15, -0.1) is 11.3 Å². The fourth-order valence-electron chi connectivity index (χ4n) is 2.19. The van der Waals surface area contributed by atoms with Crippen LogP contribution in [0, 0.1) is 0 Å². The molecule has 0 fully saturated rings. The van der Waals surface area contributed by atoms with E-state index in [0.29, 0.717) is 25.1 Å². The Bertz CT molecular complexity index is 579. The van der Waals surface area contributed by atoms with E-state index in [2.05, 4.69) is 0 Å². The van der Waals surface area contributed by atoms with Crippen molar-refractivity contribution in [3.8, 4) is 0 Å². The number of benzene rings is 1. The highest BCUT2D eigenvalue weighted by atomic mass is 32.1. The molecule has 0 saturated carbocycles. The monoisotopic (exact) mass is 314 g/mol. The van der Waals surface area contributed by atoms with E-state index in [1.165, 1.54) is 23.5 Å². The highest BCUT2D eigenvalue weighted by Gasteiger charge is 2.34. The maximum absolute atomic E-state index is 13.3. The number of halogens is 3. The Morgan fingerprint density at radius 2 is 2.00 bits per heavy atom. The minimum Gasteiger partial charge on any atom is -0.369 e. The largest absolute Gasteiger partial charge is 0.418 e. The Morgan fingerprint density at radius 3 is 2.57 bits per heavy atom. The van der Waals surface area contributed by atoms with Gasteiger partial charge in [-0.1, -0.05) is 12.1 Å². The predicted octanol–water partition coefficient (Wildman–Crippen LogP) is 3.90. The van der Waals surface area contributed by atoms with Crippen LogP contribution in [0.15, 0.2) is 35.7 Å². The summed E-state index contributed by atoms with van der Waals surface area (Å²) < 4.78 is 39.8. The van der Waals surface area contributed by atoms with Crippen molar-refractivity contribution in [1.29, 1.82) is 0 Å². The topological polar surface area (TPSA) is 29.3 Å². The molecular formula is C15H17F3N2S. The fourth-order valence-corrected chi connectivity index (χ4v) is 2.94. The second kappa shape index (κ2) is 6.49. The number of rotatable bonds is 5. The van der Waals surface area contributed by atoms with Gasteiger partial charge in [-0.05, 0) is 42.1 Å². The lowest BCUT2D eigenvalue weighted by molar-refractivity contribution is -0.137. The van der Waals surface area contributed by atoms with E-state index >= 15 is 0 Å². The van der Waals surface area contributed by atoms with Gasteiger partial charge in [0.15, 0.2) is 0 Å². The third-order valence-electron chi connectivity index (χ3n) is 3.18. The van der Waals surface area contributed by atoms with Gasteiger partial charge in [-0.25, -0.2) is 0 Å². The van der Waals surface area contributed by atoms with Gasteiger partial charge in [0.05, 0.1) is 12.1 Å². The van der Waals surface area contributed by atoms with Crippen molar-refractivity contribution in [3.63, 3.8) is 0 Å². The molecule has 0 amide bonds. The highest BCUT2D eigenvalue weighted by molar-refractivity contribution is 7.09. The van der Waals surface area contributed by atoms with E-state index in [9.17, 15) is 13.2 Å². The van der Waals surface area contributed by atoms with Crippen LogP contribution in [0.1, 0.15) is 16.0 Å². The number of hydrogen-bond donors (Lipinski definition) is 1. The van der Waals surface area contributed by atoms with Crippen molar-refractivity contribution in [1.82, 2.24) is 0 Å². The van der Waals surface area contributed by atoms with Gasteiger partial charge >= 0.3 is 6.18 Å². The molecule has 1 heterocycles. The van der Waals surface area contributed by atoms with Crippen LogP contribution in [0.25, 0.3) is 0 Å². The number of nitrogens with zero attached hydrogens (tertiary/aromatic N) is 1. The maximum atomic E-state index is 13.3. The van der Waals surface area contributed by atoms with Gasteiger partial charge < -0.3 is 10.6 Å². The molecule has 0 aliphatic rings. The molecule has 2 rings (SSSR count). The Kier molecular flexibility index (Phi) is 4.90. The molecule has 0 aliphatic carbocycles. The molecule has 0 bridgehead atoms. The van der Waals surface area contributed by atoms with Crippen LogP contribution < -0.4 is 10.6 Å². The van der Waals surface area contributed by atoms with Crippen LogP contribution in [-0.2, 0) is 19.1 Å². The first kappa shape index (κ1) is 15.9. The van der Waals surface area contributed by atoms with Crippen LogP contribution in [0.4, 0.5) is 18.9 Å². The van der Waals surface area contributed by atoms with Crippen molar-refractivity contribution < 1.29 is 13.2 Å². The van der Waals surface area contributed by atoms with E-state index < -0.39 is 11.7 Å². The van der Waals surface area contributed by atoms with Crippen LogP contribution in [-0.4, -0.2) is 13.6 Å². The Hall–Kier alpha value is -1.53. The average Bonchev–Trinajstić information content (AvgIpc) is 2.91. The molecule has 0 saturated heterocycles. The molecule has 0 radical (unpaired) electrons. The lowest BCUT2D eigenvalue weighted by Crippen LogP contribution is -2.21. The van der Waals surface area contributed by atoms with Crippen LogP contribution in [0.3, 0.4) is 0 Å². The summed E-state index contributed by atoms with van der Waals surface area (Å²) in [5.74, 6) is 0. The van der Waals surface area contributed by atoms with Gasteiger partial charge in [-0.3, -0.25) is 0 Å². The summed E-state index contributed by atoms with van der Waals surface area (Å²) in [6.45, 7) is 0.790. The third kappa shape index (κ3) is 3.98. The van der Waals surface area contributed by atoms with Crippen LogP contribution >= 0.6 is 11.3 Å². The molecule has 6 heteroatoms. The molecule has 2 aromatic rings. The lowest BCUT2D eigenvalue weighted by Gasteiger charge is -2.23. The van der Waals surface area contributed by atoms with Crippen LogP contribution in [0.2, 0.25) is 0 Å². The Labute approximate surface area is 126 Å². The Balaban J connectivity index is 2.33. The van der Waals surface area contributed by atoms with Gasteiger partial charge in [0.2, 0.25) is 0 Å². The molecule has 2 N–H and O–H groups in total. The maximum Gasteiger partial charge on any atom is 0.418 e. The van der Waals surface area contributed by atoms with Crippen molar-refractivity contribution in [3.05, 3.63) is 51.7 Å². The van der Waals surface area contributed by atoms with Crippen molar-refractivity contribution in [2.24, 2.45) is 5.73 Å². The standard InChI is InChI=1S/C15H17F3N2S/c1-20(10-12-3-2-8-21-12)14-5-4-11(6-7-19)9-13(14)15(16,17)18/h2-5,8-9H,6-7,10,19H2,1H3. The summed E-state index contributed by atoms with van der Waals surface area (Å²) in [5.41, 5.74) is 5.61.